The van der Waals surface area contributed by atoms with Crippen molar-refractivity contribution in [1.82, 2.24) is 24.6 Å². The number of fused-ring (bicyclic) bond motifs is 1. The van der Waals surface area contributed by atoms with Gasteiger partial charge in [0.05, 0.1) is 18.1 Å². The lowest BCUT2D eigenvalue weighted by molar-refractivity contribution is -0.151. The predicted octanol–water partition coefficient (Wildman–Crippen LogP) is 4.40. The first-order valence-corrected chi connectivity index (χ1v) is 18.0. The molecule has 1 aliphatic rings. The third kappa shape index (κ3) is 10.0. The zero-order valence-electron chi connectivity index (χ0n) is 28.9. The van der Waals surface area contributed by atoms with Gasteiger partial charge in [0.1, 0.15) is 30.8 Å². The second kappa shape index (κ2) is 16.1. The summed E-state index contributed by atoms with van der Waals surface area (Å²) in [5.41, 5.74) is 11.4. The summed E-state index contributed by atoms with van der Waals surface area (Å²) in [7, 11) is -4.29. The van der Waals surface area contributed by atoms with Crippen LogP contribution in [0.4, 0.5) is 5.95 Å². The average Bonchev–Trinajstić information content (AvgIpc) is 3.56. The highest BCUT2D eigenvalue weighted by molar-refractivity contribution is 7.52. The van der Waals surface area contributed by atoms with E-state index in [9.17, 15) is 18.9 Å². The van der Waals surface area contributed by atoms with E-state index in [4.69, 9.17) is 30.0 Å². The van der Waals surface area contributed by atoms with E-state index in [-0.39, 0.29) is 54.0 Å². The van der Waals surface area contributed by atoms with Gasteiger partial charge in [-0.3, -0.25) is 28.5 Å². The number of aromatic amines is 1. The summed E-state index contributed by atoms with van der Waals surface area (Å²) in [5.74, 6) is -1.13. The van der Waals surface area contributed by atoms with E-state index in [2.05, 4.69) is 20.0 Å². The summed E-state index contributed by atoms with van der Waals surface area (Å²) in [6, 6.07) is 6.59. The number of hydrogen-bond donors (Lipinski definition) is 4. The summed E-state index contributed by atoms with van der Waals surface area (Å²) in [6.07, 6.45) is 4.92. The lowest BCUT2D eigenvalue weighted by Crippen LogP contribution is -2.40. The number of carbonyl (C=O) groups is 2. The fraction of sp³-hybridized carbons (Fsp3) is 0.545. The second-order valence-electron chi connectivity index (χ2n) is 13.3. The molecule has 0 spiro atoms. The van der Waals surface area contributed by atoms with Crippen molar-refractivity contribution in [2.75, 3.05) is 18.9 Å². The lowest BCUT2D eigenvalue weighted by Gasteiger charge is -2.28. The van der Waals surface area contributed by atoms with Crippen LogP contribution in [0.3, 0.4) is 0 Å². The maximum Gasteiger partial charge on any atom is 0.459 e. The number of hydrogen-bond acceptors (Lipinski definition) is 12. The van der Waals surface area contributed by atoms with Crippen molar-refractivity contribution in [1.29, 1.82) is 0 Å². The van der Waals surface area contributed by atoms with Gasteiger partial charge in [-0.05, 0) is 55.7 Å². The highest BCUT2D eigenvalue weighted by Gasteiger charge is 2.53. The van der Waals surface area contributed by atoms with Crippen LogP contribution in [0.5, 0.6) is 5.75 Å². The van der Waals surface area contributed by atoms with Gasteiger partial charge in [-0.1, -0.05) is 59.2 Å². The number of nitrogens with two attached hydrogens (primary N) is 2. The van der Waals surface area contributed by atoms with E-state index >= 15 is 0 Å². The molecule has 1 aliphatic carbocycles. The monoisotopic (exact) mass is 701 g/mol. The smallest absolute Gasteiger partial charge is 0.459 e. The number of esters is 2. The Kier molecular flexibility index (Phi) is 12.4. The summed E-state index contributed by atoms with van der Waals surface area (Å²) in [5, 5.41) is 2.87. The van der Waals surface area contributed by atoms with Gasteiger partial charge in [-0.25, -0.2) is 9.55 Å². The largest absolute Gasteiger partial charge is 0.463 e. The van der Waals surface area contributed by atoms with E-state index in [0.717, 1.165) is 12.0 Å². The number of rotatable bonds is 18. The molecule has 16 heteroatoms. The number of aromatic nitrogens is 4. The second-order valence-corrected chi connectivity index (χ2v) is 15.0. The van der Waals surface area contributed by atoms with Gasteiger partial charge in [0.2, 0.25) is 5.95 Å². The molecule has 1 aromatic carbocycles. The van der Waals surface area contributed by atoms with E-state index in [0.29, 0.717) is 19.3 Å². The van der Waals surface area contributed by atoms with Crippen molar-refractivity contribution in [2.24, 2.45) is 23.0 Å². The molecule has 4 rings (SSSR count). The van der Waals surface area contributed by atoms with Crippen LogP contribution in [0.25, 0.3) is 17.4 Å². The van der Waals surface area contributed by atoms with Crippen molar-refractivity contribution < 1.29 is 32.7 Å². The van der Waals surface area contributed by atoms with Crippen LogP contribution in [0, 0.1) is 17.3 Å². The van der Waals surface area contributed by atoms with E-state index in [1.54, 1.807) is 36.5 Å². The molecule has 268 valence electrons. The SMILES string of the molecule is CCCC(C)OC(=O)C(CC(C)C)N[P@](=O)(OC[C@@]1(COC(=O)C(N)C(C)C)C/C1=C/n1cnc2c(=O)[nH]c(N)nc21)Oc1ccccc1. The van der Waals surface area contributed by atoms with Crippen molar-refractivity contribution in [2.45, 2.75) is 85.4 Å². The molecule has 2 aromatic heterocycles. The molecule has 1 fully saturated rings. The Morgan fingerprint density at radius 2 is 1.86 bits per heavy atom. The van der Waals surface area contributed by atoms with Crippen LogP contribution in [0.15, 0.2) is 47.0 Å². The Hall–Kier alpha value is -4.04. The first-order valence-electron chi connectivity index (χ1n) is 16.5. The number of ether oxygens (including phenoxy) is 2. The number of carbonyl (C=O) groups excluding carboxylic acids is 2. The summed E-state index contributed by atoms with van der Waals surface area (Å²) in [4.78, 5) is 49.3. The molecule has 6 N–H and O–H groups in total. The number of nitrogens with zero attached hydrogens (tertiary/aromatic N) is 3. The zero-order valence-corrected chi connectivity index (χ0v) is 29.8. The Balaban J connectivity index is 1.66. The standard InChI is InChI=1S/C33H48N7O8P/c1-7-11-22(6)47-30(42)25(14-20(2)3)39-49(44,48-24-12-9-8-10-13-24)46-18-33(17-45-31(43)26(34)21(4)5)15-23(33)16-40-19-36-27-28(40)37-32(35)38-29(27)41/h8-10,12-13,16,19-22,25-26H,7,11,14-15,17-18,34H2,1-6H3,(H,39,44)(H3,35,37,38,41)/b23-16-/t22?,25?,26?,33-,49-/m0/s1. The lowest BCUT2D eigenvalue weighted by atomic mass is 10.0. The maximum atomic E-state index is 14.6. The summed E-state index contributed by atoms with van der Waals surface area (Å²) >= 11 is 0. The van der Waals surface area contributed by atoms with Crippen molar-refractivity contribution in [3.63, 3.8) is 0 Å². The fourth-order valence-corrected chi connectivity index (χ4v) is 6.73. The molecule has 0 amide bonds. The number of nitrogens with one attached hydrogen (secondary N) is 2. The quantitative estimate of drug-likeness (QED) is 0.107. The molecule has 3 unspecified atom stereocenters. The van der Waals surface area contributed by atoms with E-state index in [1.807, 2.05) is 41.5 Å². The van der Waals surface area contributed by atoms with Gasteiger partial charge in [0.15, 0.2) is 11.2 Å². The van der Waals surface area contributed by atoms with E-state index in [1.165, 1.54) is 10.9 Å². The van der Waals surface area contributed by atoms with Crippen LogP contribution >= 0.6 is 7.75 Å². The minimum atomic E-state index is -4.29. The van der Waals surface area contributed by atoms with Crippen molar-refractivity contribution in [3.05, 3.63) is 52.6 Å². The first kappa shape index (κ1) is 37.8. The first-order chi connectivity index (χ1) is 23.1. The average molecular weight is 702 g/mol. The minimum Gasteiger partial charge on any atom is -0.463 e. The maximum absolute atomic E-state index is 14.6. The van der Waals surface area contributed by atoms with Crippen LogP contribution in [0.2, 0.25) is 0 Å². The summed E-state index contributed by atoms with van der Waals surface area (Å²) in [6.45, 7) is 10.9. The number of benzene rings is 1. The Bertz CT molecular complexity index is 1740. The van der Waals surface area contributed by atoms with Crippen LogP contribution in [0.1, 0.15) is 67.2 Å². The van der Waals surface area contributed by atoms with E-state index < -0.39 is 42.7 Å². The molecule has 3 aromatic rings. The molecule has 0 aliphatic heterocycles. The fourth-order valence-electron chi connectivity index (χ4n) is 5.14. The van der Waals surface area contributed by atoms with Gasteiger partial charge >= 0.3 is 19.7 Å². The highest BCUT2D eigenvalue weighted by atomic mass is 31.2. The number of anilines is 1. The van der Waals surface area contributed by atoms with Crippen LogP contribution in [-0.4, -0.2) is 62.9 Å². The molecular weight excluding hydrogens is 653 g/mol. The number of para-hydroxylation sites is 1. The highest BCUT2D eigenvalue weighted by Crippen LogP contribution is 2.57. The number of imidazole rings is 1. The van der Waals surface area contributed by atoms with Crippen molar-refractivity contribution in [3.8, 4) is 5.75 Å². The molecule has 5 atom stereocenters. The van der Waals surface area contributed by atoms with Crippen LogP contribution in [-0.2, 0) is 28.2 Å². The molecule has 0 radical (unpaired) electrons. The molecule has 15 nitrogen and oxygen atoms in total. The minimum absolute atomic E-state index is 0.0329. The van der Waals surface area contributed by atoms with Crippen molar-refractivity contribution >= 4 is 43.0 Å². The zero-order chi connectivity index (χ0) is 35.9. The Labute approximate surface area is 285 Å². The molecule has 1 saturated carbocycles. The molecule has 2 heterocycles. The molecule has 0 saturated heterocycles. The Morgan fingerprint density at radius 1 is 1.14 bits per heavy atom. The molecular formula is C33H48N7O8P. The number of H-pyrrole nitrogens is 1. The third-order valence-corrected chi connectivity index (χ3v) is 9.66. The number of nitrogen functional groups attached to an aromatic ring is 1. The van der Waals surface area contributed by atoms with Gasteiger partial charge < -0.3 is 25.5 Å². The molecule has 49 heavy (non-hydrogen) atoms. The molecule has 0 bridgehead atoms. The summed E-state index contributed by atoms with van der Waals surface area (Å²) < 4.78 is 39.5. The third-order valence-electron chi connectivity index (χ3n) is 8.11. The van der Waals surface area contributed by atoms with Gasteiger partial charge in [0, 0.05) is 6.20 Å². The topological polar surface area (TPSA) is 216 Å². The van der Waals surface area contributed by atoms with Gasteiger partial charge in [-0.15, -0.1) is 0 Å². The normalized spacial score (nSPS) is 19.8. The van der Waals surface area contributed by atoms with Gasteiger partial charge in [0.25, 0.3) is 5.56 Å². The van der Waals surface area contributed by atoms with Gasteiger partial charge in [-0.2, -0.15) is 10.1 Å². The van der Waals surface area contributed by atoms with Crippen LogP contribution < -0.4 is 26.6 Å². The predicted molar refractivity (Wildman–Crippen MR) is 185 cm³/mol. The Morgan fingerprint density at radius 3 is 2.51 bits per heavy atom.